The monoisotopic (exact) mass is 226 g/mol. The molecule has 94 valence electrons. The molecule has 0 amide bonds. The molecule has 16 heavy (non-hydrogen) atoms. The second-order valence-electron chi connectivity index (χ2n) is 5.30. The summed E-state index contributed by atoms with van der Waals surface area (Å²) >= 11 is 0. The Bertz CT molecular complexity index is 206. The van der Waals surface area contributed by atoms with Gasteiger partial charge in [-0.3, -0.25) is 4.90 Å². The highest BCUT2D eigenvalue weighted by molar-refractivity contribution is 4.90. The number of nitrogens with one attached hydrogen (secondary N) is 1. The molecule has 0 bridgehead atoms. The average molecular weight is 226 g/mol. The van der Waals surface area contributed by atoms with Gasteiger partial charge < -0.3 is 10.1 Å². The summed E-state index contributed by atoms with van der Waals surface area (Å²) in [6.45, 7) is 6.99. The Labute approximate surface area is 99.5 Å². The fourth-order valence-corrected chi connectivity index (χ4v) is 2.64. The van der Waals surface area contributed by atoms with Crippen molar-refractivity contribution >= 4 is 0 Å². The molecular weight excluding hydrogens is 200 g/mol. The predicted molar refractivity (Wildman–Crippen MR) is 66.7 cm³/mol. The molecule has 0 aromatic carbocycles. The van der Waals surface area contributed by atoms with Crippen molar-refractivity contribution < 1.29 is 4.74 Å². The van der Waals surface area contributed by atoms with Gasteiger partial charge in [-0.25, -0.2) is 0 Å². The molecule has 2 fully saturated rings. The third kappa shape index (κ3) is 3.44. The number of likely N-dealkylation sites (tertiary alicyclic amines) is 1. The summed E-state index contributed by atoms with van der Waals surface area (Å²) in [7, 11) is 1.84. The van der Waals surface area contributed by atoms with Gasteiger partial charge >= 0.3 is 0 Å². The maximum atomic E-state index is 5.42. The first-order valence-electron chi connectivity index (χ1n) is 6.82. The van der Waals surface area contributed by atoms with Crippen LogP contribution in [0.2, 0.25) is 0 Å². The van der Waals surface area contributed by atoms with E-state index in [0.29, 0.717) is 6.10 Å². The second-order valence-corrected chi connectivity index (χ2v) is 5.30. The molecule has 1 N–H and O–H groups in total. The standard InChI is InChI=1S/C13H26N2O/c1-3-7-14-13(11-4-5-11)10-15-8-6-12(9-15)16-2/h11-14H,3-10H2,1-2H3. The molecule has 3 heteroatoms. The van der Waals surface area contributed by atoms with Crippen LogP contribution in [0.4, 0.5) is 0 Å². The first-order chi connectivity index (χ1) is 7.83. The van der Waals surface area contributed by atoms with Crippen LogP contribution in [0.5, 0.6) is 0 Å². The van der Waals surface area contributed by atoms with Gasteiger partial charge in [0.25, 0.3) is 0 Å². The van der Waals surface area contributed by atoms with Crippen LogP contribution in [0.1, 0.15) is 32.6 Å². The lowest BCUT2D eigenvalue weighted by atomic mass is 10.1. The van der Waals surface area contributed by atoms with Crippen molar-refractivity contribution in [2.45, 2.75) is 44.8 Å². The van der Waals surface area contributed by atoms with Crippen LogP contribution >= 0.6 is 0 Å². The molecule has 0 aromatic rings. The summed E-state index contributed by atoms with van der Waals surface area (Å²) in [5.74, 6) is 0.952. The second kappa shape index (κ2) is 5.99. The SMILES string of the molecule is CCCNC(CN1CCC(OC)C1)C1CC1. The maximum Gasteiger partial charge on any atom is 0.0710 e. The van der Waals surface area contributed by atoms with E-state index in [0.717, 1.165) is 18.5 Å². The zero-order valence-electron chi connectivity index (χ0n) is 10.7. The molecule has 1 saturated carbocycles. The van der Waals surface area contributed by atoms with E-state index in [1.807, 2.05) is 7.11 Å². The largest absolute Gasteiger partial charge is 0.380 e. The van der Waals surface area contributed by atoms with Crippen LogP contribution in [0.15, 0.2) is 0 Å². The fraction of sp³-hybridized carbons (Fsp3) is 1.00. The lowest BCUT2D eigenvalue weighted by Gasteiger charge is -2.24. The summed E-state index contributed by atoms with van der Waals surface area (Å²) in [6, 6.07) is 0.732. The minimum absolute atomic E-state index is 0.478. The van der Waals surface area contributed by atoms with Crippen molar-refractivity contribution in [2.75, 3.05) is 33.3 Å². The van der Waals surface area contributed by atoms with Crippen LogP contribution in [0, 0.1) is 5.92 Å². The van der Waals surface area contributed by atoms with E-state index in [9.17, 15) is 0 Å². The van der Waals surface area contributed by atoms with Crippen LogP contribution in [-0.2, 0) is 4.74 Å². The Balaban J connectivity index is 1.72. The third-order valence-corrected chi connectivity index (χ3v) is 3.86. The Morgan fingerprint density at radius 3 is 2.75 bits per heavy atom. The first kappa shape index (κ1) is 12.3. The van der Waals surface area contributed by atoms with Gasteiger partial charge in [0.1, 0.15) is 0 Å². The van der Waals surface area contributed by atoms with Crippen molar-refractivity contribution in [3.63, 3.8) is 0 Å². The molecule has 1 aliphatic carbocycles. The van der Waals surface area contributed by atoms with Gasteiger partial charge in [0.05, 0.1) is 6.10 Å². The Kier molecular flexibility index (Phi) is 4.62. The van der Waals surface area contributed by atoms with Gasteiger partial charge in [0.15, 0.2) is 0 Å². The van der Waals surface area contributed by atoms with Gasteiger partial charge in [0, 0.05) is 32.8 Å². The molecule has 0 spiro atoms. The smallest absolute Gasteiger partial charge is 0.0710 e. The molecule has 2 aliphatic rings. The maximum absolute atomic E-state index is 5.42. The Morgan fingerprint density at radius 2 is 2.19 bits per heavy atom. The van der Waals surface area contributed by atoms with Gasteiger partial charge in [-0.05, 0) is 38.1 Å². The highest BCUT2D eigenvalue weighted by atomic mass is 16.5. The number of rotatable bonds is 7. The van der Waals surface area contributed by atoms with Crippen molar-refractivity contribution in [3.8, 4) is 0 Å². The van der Waals surface area contributed by atoms with E-state index in [1.165, 1.54) is 45.3 Å². The Morgan fingerprint density at radius 1 is 1.38 bits per heavy atom. The summed E-state index contributed by atoms with van der Waals surface area (Å²) in [4.78, 5) is 2.57. The highest BCUT2D eigenvalue weighted by Crippen LogP contribution is 2.33. The van der Waals surface area contributed by atoms with E-state index in [4.69, 9.17) is 4.74 Å². The minimum Gasteiger partial charge on any atom is -0.380 e. The lowest BCUT2D eigenvalue weighted by molar-refractivity contribution is 0.106. The summed E-state index contributed by atoms with van der Waals surface area (Å²) in [6.07, 6.45) is 5.79. The lowest BCUT2D eigenvalue weighted by Crippen LogP contribution is -2.42. The van der Waals surface area contributed by atoms with E-state index in [2.05, 4.69) is 17.1 Å². The molecule has 1 saturated heterocycles. The van der Waals surface area contributed by atoms with Gasteiger partial charge in [-0.2, -0.15) is 0 Å². The van der Waals surface area contributed by atoms with Crippen LogP contribution in [0.25, 0.3) is 0 Å². The molecule has 0 radical (unpaired) electrons. The van der Waals surface area contributed by atoms with Crippen LogP contribution in [0.3, 0.4) is 0 Å². The highest BCUT2D eigenvalue weighted by Gasteiger charge is 2.33. The normalized spacial score (nSPS) is 28.5. The van der Waals surface area contributed by atoms with Crippen molar-refractivity contribution in [3.05, 3.63) is 0 Å². The number of hydrogen-bond acceptors (Lipinski definition) is 3. The number of ether oxygens (including phenoxy) is 1. The van der Waals surface area contributed by atoms with Gasteiger partial charge in [-0.15, -0.1) is 0 Å². The zero-order valence-corrected chi connectivity index (χ0v) is 10.7. The topological polar surface area (TPSA) is 24.5 Å². The van der Waals surface area contributed by atoms with Crippen molar-refractivity contribution in [1.82, 2.24) is 10.2 Å². The Hall–Kier alpha value is -0.120. The van der Waals surface area contributed by atoms with Gasteiger partial charge in [0.2, 0.25) is 0 Å². The van der Waals surface area contributed by atoms with Crippen molar-refractivity contribution in [2.24, 2.45) is 5.92 Å². The fourth-order valence-electron chi connectivity index (χ4n) is 2.64. The van der Waals surface area contributed by atoms with Gasteiger partial charge in [-0.1, -0.05) is 6.92 Å². The number of hydrogen-bond donors (Lipinski definition) is 1. The molecule has 1 heterocycles. The molecule has 0 aromatic heterocycles. The van der Waals surface area contributed by atoms with Crippen LogP contribution in [-0.4, -0.2) is 50.3 Å². The molecular formula is C13H26N2O. The molecule has 3 nitrogen and oxygen atoms in total. The van der Waals surface area contributed by atoms with E-state index >= 15 is 0 Å². The third-order valence-electron chi connectivity index (χ3n) is 3.86. The summed E-state index contributed by atoms with van der Waals surface area (Å²) in [5.41, 5.74) is 0. The van der Waals surface area contributed by atoms with E-state index in [1.54, 1.807) is 0 Å². The molecule has 2 atom stereocenters. The van der Waals surface area contributed by atoms with E-state index in [-0.39, 0.29) is 0 Å². The quantitative estimate of drug-likeness (QED) is 0.712. The zero-order chi connectivity index (χ0) is 11.4. The predicted octanol–water partition coefficient (Wildman–Crippen LogP) is 1.49. The van der Waals surface area contributed by atoms with E-state index < -0.39 is 0 Å². The molecule has 2 rings (SSSR count). The minimum atomic E-state index is 0.478. The summed E-state index contributed by atoms with van der Waals surface area (Å²) in [5, 5.41) is 3.71. The first-order valence-corrected chi connectivity index (χ1v) is 6.82. The molecule has 2 unspecified atom stereocenters. The average Bonchev–Trinajstić information content (AvgIpc) is 3.05. The summed E-state index contributed by atoms with van der Waals surface area (Å²) < 4.78 is 5.42. The number of methoxy groups -OCH3 is 1. The molecule has 1 aliphatic heterocycles. The van der Waals surface area contributed by atoms with Crippen molar-refractivity contribution in [1.29, 1.82) is 0 Å². The van der Waals surface area contributed by atoms with Crippen LogP contribution < -0.4 is 5.32 Å². The number of nitrogens with zero attached hydrogens (tertiary/aromatic N) is 1.